The van der Waals surface area contributed by atoms with Crippen molar-refractivity contribution in [1.29, 1.82) is 0 Å². The number of para-hydroxylation sites is 1. The quantitative estimate of drug-likeness (QED) is 0.637. The number of benzene rings is 2. The van der Waals surface area contributed by atoms with Gasteiger partial charge in [0, 0.05) is 25.7 Å². The number of nitrogens with zero attached hydrogens (tertiary/aromatic N) is 2. The third-order valence-electron chi connectivity index (χ3n) is 5.36. The lowest BCUT2D eigenvalue weighted by atomic mass is 9.96. The van der Waals surface area contributed by atoms with Crippen LogP contribution < -0.4 is 10.6 Å². The van der Waals surface area contributed by atoms with Gasteiger partial charge in [0.15, 0.2) is 0 Å². The molecule has 8 nitrogen and oxygen atoms in total. The second kappa shape index (κ2) is 10.4. The molecule has 0 aromatic heterocycles. The third-order valence-corrected chi connectivity index (χ3v) is 7.50. The van der Waals surface area contributed by atoms with Crippen LogP contribution in [0.1, 0.15) is 12.8 Å². The molecule has 32 heavy (non-hydrogen) atoms. The zero-order chi connectivity index (χ0) is 23.3. The number of carbonyl (C=O) groups excluding carboxylic acids is 2. The van der Waals surface area contributed by atoms with Gasteiger partial charge in [-0.1, -0.05) is 29.8 Å². The fourth-order valence-corrected chi connectivity index (χ4v) is 4.58. The van der Waals surface area contributed by atoms with E-state index in [9.17, 15) is 18.0 Å². The van der Waals surface area contributed by atoms with Crippen molar-refractivity contribution in [2.24, 2.45) is 5.92 Å². The Morgan fingerprint density at radius 1 is 1.06 bits per heavy atom. The largest absolute Gasteiger partial charge is 0.326 e. The van der Waals surface area contributed by atoms with Gasteiger partial charge in [-0.15, -0.1) is 0 Å². The van der Waals surface area contributed by atoms with E-state index in [4.69, 9.17) is 11.6 Å². The Morgan fingerprint density at radius 3 is 2.34 bits per heavy atom. The molecule has 0 atom stereocenters. The highest BCUT2D eigenvalue weighted by molar-refractivity contribution is 7.89. The van der Waals surface area contributed by atoms with E-state index in [-0.39, 0.29) is 39.9 Å². The van der Waals surface area contributed by atoms with E-state index in [1.54, 1.807) is 0 Å². The first-order valence-corrected chi connectivity index (χ1v) is 12.1. The zero-order valence-electron chi connectivity index (χ0n) is 18.0. The minimum Gasteiger partial charge on any atom is -0.326 e. The van der Waals surface area contributed by atoms with Crippen LogP contribution >= 0.6 is 11.6 Å². The molecule has 172 valence electrons. The monoisotopic (exact) mass is 478 g/mol. The molecule has 1 fully saturated rings. The smallest absolute Gasteiger partial charge is 0.242 e. The first-order valence-electron chi connectivity index (χ1n) is 10.3. The first-order chi connectivity index (χ1) is 15.2. The third kappa shape index (κ3) is 6.07. The van der Waals surface area contributed by atoms with Crippen LogP contribution in [-0.2, 0) is 19.6 Å². The van der Waals surface area contributed by atoms with Gasteiger partial charge in [0.25, 0.3) is 0 Å². The molecule has 2 N–H and O–H groups in total. The number of sulfonamides is 1. The first kappa shape index (κ1) is 24.2. The molecule has 0 unspecified atom stereocenters. The van der Waals surface area contributed by atoms with Gasteiger partial charge >= 0.3 is 0 Å². The number of carbonyl (C=O) groups is 2. The number of rotatable bonds is 7. The predicted molar refractivity (Wildman–Crippen MR) is 125 cm³/mol. The van der Waals surface area contributed by atoms with Gasteiger partial charge in [0.1, 0.15) is 0 Å². The number of likely N-dealkylation sites (tertiary alicyclic amines) is 1. The van der Waals surface area contributed by atoms with Crippen molar-refractivity contribution >= 4 is 44.8 Å². The van der Waals surface area contributed by atoms with Gasteiger partial charge in [-0.05, 0) is 56.3 Å². The normalized spacial score (nSPS) is 15.5. The Hall–Kier alpha value is -2.46. The highest BCUT2D eigenvalue weighted by Crippen LogP contribution is 2.26. The van der Waals surface area contributed by atoms with E-state index < -0.39 is 10.0 Å². The van der Waals surface area contributed by atoms with Crippen LogP contribution in [-0.4, -0.2) is 63.2 Å². The predicted octanol–water partition coefficient (Wildman–Crippen LogP) is 2.88. The van der Waals surface area contributed by atoms with Crippen LogP contribution in [0, 0.1) is 5.92 Å². The van der Waals surface area contributed by atoms with Crippen molar-refractivity contribution in [3.8, 4) is 0 Å². The topological polar surface area (TPSA) is 98.8 Å². The second-order valence-corrected chi connectivity index (χ2v) is 10.4. The summed E-state index contributed by atoms with van der Waals surface area (Å²) in [4.78, 5) is 27.0. The summed E-state index contributed by atoms with van der Waals surface area (Å²) in [5.74, 6) is -0.402. The molecule has 2 amide bonds. The molecule has 0 aliphatic carbocycles. The lowest BCUT2D eigenvalue weighted by molar-refractivity contribution is -0.121. The van der Waals surface area contributed by atoms with Gasteiger partial charge in [-0.25, -0.2) is 12.7 Å². The maximum Gasteiger partial charge on any atom is 0.242 e. The molecule has 0 spiro atoms. The van der Waals surface area contributed by atoms with E-state index in [1.165, 1.54) is 32.3 Å². The average Bonchev–Trinajstić information content (AvgIpc) is 2.76. The molecular weight excluding hydrogens is 452 g/mol. The SMILES string of the molecule is CN(C)S(=O)(=O)c1ccc(Cl)c(NC(=O)CN2CCC(C(=O)Nc3ccccc3)CC2)c1. The Bertz CT molecular complexity index is 1070. The minimum atomic E-state index is -3.64. The van der Waals surface area contributed by atoms with Crippen LogP contribution in [0.4, 0.5) is 11.4 Å². The summed E-state index contributed by atoms with van der Waals surface area (Å²) in [5, 5.41) is 5.89. The van der Waals surface area contributed by atoms with Crippen LogP contribution in [0.25, 0.3) is 0 Å². The summed E-state index contributed by atoms with van der Waals surface area (Å²) in [6.07, 6.45) is 1.31. The average molecular weight is 479 g/mol. The van der Waals surface area contributed by atoms with Gasteiger partial charge < -0.3 is 10.6 Å². The number of hydrogen-bond donors (Lipinski definition) is 2. The fourth-order valence-electron chi connectivity index (χ4n) is 3.48. The molecule has 1 heterocycles. The molecule has 1 aliphatic rings. The van der Waals surface area contributed by atoms with Crippen molar-refractivity contribution in [2.75, 3.05) is 44.4 Å². The van der Waals surface area contributed by atoms with Gasteiger partial charge in [0.2, 0.25) is 21.8 Å². The number of anilines is 2. The van der Waals surface area contributed by atoms with E-state index in [0.717, 1.165) is 9.99 Å². The second-order valence-electron chi connectivity index (χ2n) is 7.88. The summed E-state index contributed by atoms with van der Waals surface area (Å²) < 4.78 is 25.8. The Kier molecular flexibility index (Phi) is 7.89. The molecule has 2 aromatic rings. The van der Waals surface area contributed by atoms with Crippen LogP contribution in [0.5, 0.6) is 0 Å². The van der Waals surface area contributed by atoms with Crippen LogP contribution in [0.2, 0.25) is 5.02 Å². The molecule has 0 radical (unpaired) electrons. The Morgan fingerprint density at radius 2 is 1.72 bits per heavy atom. The number of nitrogens with one attached hydrogen (secondary N) is 2. The van der Waals surface area contributed by atoms with Crippen molar-refractivity contribution in [2.45, 2.75) is 17.7 Å². The van der Waals surface area contributed by atoms with Crippen molar-refractivity contribution in [1.82, 2.24) is 9.21 Å². The fraction of sp³-hybridized carbons (Fsp3) is 0.364. The number of amides is 2. The van der Waals surface area contributed by atoms with Crippen molar-refractivity contribution in [3.05, 3.63) is 53.6 Å². The number of halogens is 1. The minimum absolute atomic E-state index is 0.00833. The number of piperidine rings is 1. The lowest BCUT2D eigenvalue weighted by Crippen LogP contribution is -2.41. The van der Waals surface area contributed by atoms with E-state index in [1.807, 2.05) is 35.2 Å². The van der Waals surface area contributed by atoms with Gasteiger partial charge in [-0.2, -0.15) is 0 Å². The maximum atomic E-state index is 12.5. The van der Waals surface area contributed by atoms with Gasteiger partial charge in [0.05, 0.1) is 22.2 Å². The van der Waals surface area contributed by atoms with Crippen LogP contribution in [0.15, 0.2) is 53.4 Å². The zero-order valence-corrected chi connectivity index (χ0v) is 19.6. The van der Waals surface area contributed by atoms with Crippen LogP contribution in [0.3, 0.4) is 0 Å². The maximum absolute atomic E-state index is 12.5. The molecular formula is C22H27ClN4O4S. The summed E-state index contributed by atoms with van der Waals surface area (Å²) in [5.41, 5.74) is 1.02. The molecule has 10 heteroatoms. The standard InChI is InChI=1S/C22H27ClN4O4S/c1-26(2)32(30,31)18-8-9-19(23)20(14-18)25-21(28)15-27-12-10-16(11-13-27)22(29)24-17-6-4-3-5-7-17/h3-9,14,16H,10-13,15H2,1-2H3,(H,24,29)(H,25,28). The Balaban J connectivity index is 1.53. The van der Waals surface area contributed by atoms with Crippen molar-refractivity contribution < 1.29 is 18.0 Å². The molecule has 0 saturated carbocycles. The number of hydrogen-bond acceptors (Lipinski definition) is 5. The highest BCUT2D eigenvalue weighted by Gasteiger charge is 2.26. The lowest BCUT2D eigenvalue weighted by Gasteiger charge is -2.30. The summed E-state index contributed by atoms with van der Waals surface area (Å²) in [7, 11) is -0.768. The molecule has 1 aliphatic heterocycles. The van der Waals surface area contributed by atoms with E-state index in [2.05, 4.69) is 10.6 Å². The summed E-state index contributed by atoms with van der Waals surface area (Å²) >= 11 is 6.15. The van der Waals surface area contributed by atoms with Gasteiger partial charge in [-0.3, -0.25) is 14.5 Å². The molecule has 0 bridgehead atoms. The summed E-state index contributed by atoms with van der Waals surface area (Å²) in [6, 6.07) is 13.5. The Labute approximate surface area is 193 Å². The van der Waals surface area contributed by atoms with Crippen molar-refractivity contribution in [3.63, 3.8) is 0 Å². The molecule has 2 aromatic carbocycles. The summed E-state index contributed by atoms with van der Waals surface area (Å²) in [6.45, 7) is 1.36. The van der Waals surface area contributed by atoms with E-state index >= 15 is 0 Å². The molecule has 3 rings (SSSR count). The highest BCUT2D eigenvalue weighted by atomic mass is 35.5. The van der Waals surface area contributed by atoms with E-state index in [0.29, 0.717) is 25.9 Å². The molecule has 1 saturated heterocycles.